The van der Waals surface area contributed by atoms with Crippen LogP contribution < -0.4 is 5.32 Å². The van der Waals surface area contributed by atoms with Gasteiger partial charge in [-0.3, -0.25) is 4.79 Å². The minimum Gasteiger partial charge on any atom is -0.388 e. The van der Waals surface area contributed by atoms with E-state index in [0.29, 0.717) is 6.04 Å². The van der Waals surface area contributed by atoms with E-state index in [1.165, 1.54) is 0 Å². The first-order valence-electron chi connectivity index (χ1n) is 4.98. The Morgan fingerprint density at radius 1 is 1.79 bits per heavy atom. The van der Waals surface area contributed by atoms with E-state index in [1.54, 1.807) is 24.0 Å². The summed E-state index contributed by atoms with van der Waals surface area (Å²) in [5.74, 6) is 1.18. The van der Waals surface area contributed by atoms with Gasteiger partial charge in [-0.25, -0.2) is 0 Å². The topological polar surface area (TPSA) is 29.1 Å². The van der Waals surface area contributed by atoms with Crippen LogP contribution in [-0.4, -0.2) is 17.6 Å². The normalized spacial score (nSPS) is 22.9. The van der Waals surface area contributed by atoms with E-state index in [4.69, 9.17) is 0 Å². The van der Waals surface area contributed by atoms with E-state index in [-0.39, 0.29) is 11.7 Å². The average Bonchev–Trinajstić information content (AvgIpc) is 2.70. The Kier molecular flexibility index (Phi) is 4.80. The second kappa shape index (κ2) is 5.91. The number of nitrogens with one attached hydrogen (secondary N) is 1. The molecule has 0 bridgehead atoms. The fourth-order valence-corrected chi connectivity index (χ4v) is 1.97. The molecule has 78 valence electrons. The van der Waals surface area contributed by atoms with Crippen molar-refractivity contribution < 1.29 is 4.79 Å². The summed E-state index contributed by atoms with van der Waals surface area (Å²) in [6, 6.07) is 0.438. The second-order valence-electron chi connectivity index (χ2n) is 3.48. The SMILES string of the molecule is CCC(C)N/C=C\C(=O)C1C=CSC1. The molecule has 0 aromatic heterocycles. The van der Waals surface area contributed by atoms with Crippen LogP contribution in [-0.2, 0) is 4.79 Å². The predicted octanol–water partition coefficient (Wildman–Crippen LogP) is 2.33. The van der Waals surface area contributed by atoms with E-state index in [1.807, 2.05) is 11.5 Å². The summed E-state index contributed by atoms with van der Waals surface area (Å²) in [6.07, 6.45) is 6.46. The number of carbonyl (C=O) groups excluding carboxylic acids is 1. The zero-order chi connectivity index (χ0) is 10.4. The van der Waals surface area contributed by atoms with Crippen LogP contribution in [0, 0.1) is 5.92 Å². The highest BCUT2D eigenvalue weighted by Crippen LogP contribution is 2.21. The molecule has 0 aromatic carbocycles. The first kappa shape index (κ1) is 11.4. The number of thioether (sulfide) groups is 1. The molecule has 1 rings (SSSR count). The van der Waals surface area contributed by atoms with Gasteiger partial charge in [0.2, 0.25) is 0 Å². The third kappa shape index (κ3) is 3.58. The summed E-state index contributed by atoms with van der Waals surface area (Å²) in [5, 5.41) is 5.15. The average molecular weight is 211 g/mol. The Hall–Kier alpha value is -0.700. The van der Waals surface area contributed by atoms with Gasteiger partial charge in [-0.15, -0.1) is 11.8 Å². The third-order valence-electron chi connectivity index (χ3n) is 2.29. The van der Waals surface area contributed by atoms with Gasteiger partial charge in [0, 0.05) is 23.9 Å². The van der Waals surface area contributed by atoms with Crippen molar-refractivity contribution in [2.75, 3.05) is 5.75 Å². The van der Waals surface area contributed by atoms with Gasteiger partial charge in [0.15, 0.2) is 5.78 Å². The lowest BCUT2D eigenvalue weighted by Crippen LogP contribution is -2.20. The molecule has 2 nitrogen and oxygen atoms in total. The molecule has 3 heteroatoms. The van der Waals surface area contributed by atoms with E-state index in [9.17, 15) is 4.79 Å². The van der Waals surface area contributed by atoms with Crippen molar-refractivity contribution in [1.82, 2.24) is 5.32 Å². The Morgan fingerprint density at radius 3 is 3.14 bits per heavy atom. The molecule has 1 aliphatic rings. The maximum Gasteiger partial charge on any atom is 0.164 e. The predicted molar refractivity (Wildman–Crippen MR) is 62.1 cm³/mol. The van der Waals surface area contributed by atoms with E-state index < -0.39 is 0 Å². The van der Waals surface area contributed by atoms with Crippen LogP contribution in [0.3, 0.4) is 0 Å². The lowest BCUT2D eigenvalue weighted by Gasteiger charge is -2.07. The summed E-state index contributed by atoms with van der Waals surface area (Å²) in [5.41, 5.74) is 0. The molecule has 2 atom stereocenters. The van der Waals surface area contributed by atoms with Crippen molar-refractivity contribution in [3.63, 3.8) is 0 Å². The second-order valence-corrected chi connectivity index (χ2v) is 4.42. The summed E-state index contributed by atoms with van der Waals surface area (Å²) in [6.45, 7) is 4.21. The van der Waals surface area contributed by atoms with Crippen molar-refractivity contribution >= 4 is 17.5 Å². The van der Waals surface area contributed by atoms with Gasteiger partial charge in [-0.1, -0.05) is 13.0 Å². The molecule has 1 heterocycles. The Morgan fingerprint density at radius 2 is 2.57 bits per heavy atom. The molecule has 0 aliphatic carbocycles. The van der Waals surface area contributed by atoms with Crippen LogP contribution in [0.5, 0.6) is 0 Å². The molecule has 1 N–H and O–H groups in total. The standard InChI is InChI=1S/C11H17NOS/c1-3-9(2)12-6-4-11(13)10-5-7-14-8-10/h4-7,9-10,12H,3,8H2,1-2H3/b6-4-. The van der Waals surface area contributed by atoms with E-state index in [0.717, 1.165) is 12.2 Å². The highest BCUT2D eigenvalue weighted by molar-refractivity contribution is 8.02. The lowest BCUT2D eigenvalue weighted by molar-refractivity contribution is -0.116. The maximum atomic E-state index is 11.5. The molecule has 0 amide bonds. The summed E-state index contributed by atoms with van der Waals surface area (Å²) < 4.78 is 0. The van der Waals surface area contributed by atoms with Crippen molar-refractivity contribution in [2.24, 2.45) is 5.92 Å². The number of rotatable bonds is 5. The van der Waals surface area contributed by atoms with Gasteiger partial charge >= 0.3 is 0 Å². The first-order valence-corrected chi connectivity index (χ1v) is 6.03. The molecule has 14 heavy (non-hydrogen) atoms. The molecule has 0 radical (unpaired) electrons. The van der Waals surface area contributed by atoms with Crippen molar-refractivity contribution in [3.8, 4) is 0 Å². The van der Waals surface area contributed by atoms with Gasteiger partial charge in [0.25, 0.3) is 0 Å². The Balaban J connectivity index is 2.29. The molecule has 1 aliphatic heterocycles. The Bertz CT molecular complexity index is 248. The van der Waals surface area contributed by atoms with Crippen LogP contribution in [0.1, 0.15) is 20.3 Å². The number of allylic oxidation sites excluding steroid dienone is 2. The highest BCUT2D eigenvalue weighted by atomic mass is 32.2. The molecule has 0 saturated carbocycles. The van der Waals surface area contributed by atoms with Gasteiger partial charge in [-0.05, 0) is 24.8 Å². The fourth-order valence-electron chi connectivity index (χ4n) is 1.08. The molecular formula is C11H17NOS. The quantitative estimate of drug-likeness (QED) is 0.708. The summed E-state index contributed by atoms with van der Waals surface area (Å²) in [7, 11) is 0. The Labute approximate surface area is 89.8 Å². The van der Waals surface area contributed by atoms with Crippen molar-refractivity contribution in [1.29, 1.82) is 0 Å². The minimum absolute atomic E-state index is 0.0926. The summed E-state index contributed by atoms with van der Waals surface area (Å²) in [4.78, 5) is 11.5. The fraction of sp³-hybridized carbons (Fsp3) is 0.545. The number of hydrogen-bond donors (Lipinski definition) is 1. The highest BCUT2D eigenvalue weighted by Gasteiger charge is 2.15. The molecule has 2 unspecified atom stereocenters. The van der Waals surface area contributed by atoms with Gasteiger partial charge in [0.1, 0.15) is 0 Å². The minimum atomic E-state index is 0.0926. The van der Waals surface area contributed by atoms with Crippen LogP contribution in [0.4, 0.5) is 0 Å². The number of ketones is 1. The summed E-state index contributed by atoms with van der Waals surface area (Å²) >= 11 is 1.70. The van der Waals surface area contributed by atoms with E-state index >= 15 is 0 Å². The van der Waals surface area contributed by atoms with E-state index in [2.05, 4.69) is 19.2 Å². The first-order chi connectivity index (χ1) is 6.74. The molecular weight excluding hydrogens is 194 g/mol. The van der Waals surface area contributed by atoms with Gasteiger partial charge in [0.05, 0.1) is 0 Å². The molecule has 0 spiro atoms. The monoisotopic (exact) mass is 211 g/mol. The lowest BCUT2D eigenvalue weighted by atomic mass is 10.1. The van der Waals surface area contributed by atoms with Crippen LogP contribution in [0.2, 0.25) is 0 Å². The molecule has 0 fully saturated rings. The van der Waals surface area contributed by atoms with Crippen molar-refractivity contribution in [3.05, 3.63) is 23.8 Å². The number of carbonyl (C=O) groups is 1. The van der Waals surface area contributed by atoms with Crippen molar-refractivity contribution in [2.45, 2.75) is 26.3 Å². The zero-order valence-electron chi connectivity index (χ0n) is 8.69. The van der Waals surface area contributed by atoms with Crippen LogP contribution in [0.25, 0.3) is 0 Å². The number of hydrogen-bond acceptors (Lipinski definition) is 3. The molecule has 0 saturated heterocycles. The maximum absolute atomic E-state index is 11.5. The third-order valence-corrected chi connectivity index (χ3v) is 3.19. The largest absolute Gasteiger partial charge is 0.388 e. The molecule has 0 aromatic rings. The smallest absolute Gasteiger partial charge is 0.164 e. The van der Waals surface area contributed by atoms with Crippen LogP contribution >= 0.6 is 11.8 Å². The van der Waals surface area contributed by atoms with Gasteiger partial charge in [-0.2, -0.15) is 0 Å². The zero-order valence-corrected chi connectivity index (χ0v) is 9.51. The van der Waals surface area contributed by atoms with Crippen LogP contribution in [0.15, 0.2) is 23.8 Å². The van der Waals surface area contributed by atoms with Gasteiger partial charge < -0.3 is 5.32 Å².